The molecule has 0 radical (unpaired) electrons. The van der Waals surface area contributed by atoms with E-state index >= 15 is 0 Å². The quantitative estimate of drug-likeness (QED) is 0.840. The van der Waals surface area contributed by atoms with Gasteiger partial charge in [0.15, 0.2) is 5.78 Å². The lowest BCUT2D eigenvalue weighted by atomic mass is 10.1. The molecule has 136 valence electrons. The Hall–Kier alpha value is -2.57. The SMILES string of the molecule is CC(=O)c1ccc(OC2CC(C(=O)O)N(C(=O)OC(C)(C)C)C2)cc1. The Bertz CT molecular complexity index is 661. The van der Waals surface area contributed by atoms with E-state index in [2.05, 4.69) is 0 Å². The number of rotatable bonds is 4. The molecule has 0 bridgehead atoms. The van der Waals surface area contributed by atoms with Gasteiger partial charge in [-0.2, -0.15) is 0 Å². The molecule has 0 saturated carbocycles. The van der Waals surface area contributed by atoms with Gasteiger partial charge in [0.2, 0.25) is 0 Å². The topological polar surface area (TPSA) is 93.1 Å². The number of carboxylic acids is 1. The number of amides is 1. The minimum Gasteiger partial charge on any atom is -0.488 e. The number of likely N-dealkylation sites (tertiary alicyclic amines) is 1. The van der Waals surface area contributed by atoms with E-state index in [1.807, 2.05) is 0 Å². The molecule has 1 amide bonds. The van der Waals surface area contributed by atoms with Crippen LogP contribution in [0.3, 0.4) is 0 Å². The number of carbonyl (C=O) groups is 3. The number of ketones is 1. The minimum atomic E-state index is -1.09. The van der Waals surface area contributed by atoms with Crippen molar-refractivity contribution in [3.05, 3.63) is 29.8 Å². The van der Waals surface area contributed by atoms with Crippen LogP contribution in [-0.4, -0.2) is 52.1 Å². The number of nitrogens with zero attached hydrogens (tertiary/aromatic N) is 1. The summed E-state index contributed by atoms with van der Waals surface area (Å²) in [5, 5.41) is 9.37. The third kappa shape index (κ3) is 4.95. The van der Waals surface area contributed by atoms with Crippen molar-refractivity contribution in [2.24, 2.45) is 0 Å². The van der Waals surface area contributed by atoms with Gasteiger partial charge in [0, 0.05) is 12.0 Å². The highest BCUT2D eigenvalue weighted by atomic mass is 16.6. The van der Waals surface area contributed by atoms with E-state index in [4.69, 9.17) is 9.47 Å². The molecular weight excluding hydrogens is 326 g/mol. The lowest BCUT2D eigenvalue weighted by Crippen LogP contribution is -2.43. The summed E-state index contributed by atoms with van der Waals surface area (Å²) in [7, 11) is 0. The van der Waals surface area contributed by atoms with E-state index in [0.717, 1.165) is 0 Å². The van der Waals surface area contributed by atoms with Gasteiger partial charge in [0.25, 0.3) is 0 Å². The number of aliphatic carboxylic acids is 1. The van der Waals surface area contributed by atoms with Crippen LogP contribution in [0.5, 0.6) is 5.75 Å². The fourth-order valence-corrected chi connectivity index (χ4v) is 2.60. The lowest BCUT2D eigenvalue weighted by Gasteiger charge is -2.26. The van der Waals surface area contributed by atoms with Crippen molar-refractivity contribution >= 4 is 17.8 Å². The van der Waals surface area contributed by atoms with Gasteiger partial charge in [-0.05, 0) is 52.0 Å². The predicted molar refractivity (Wildman–Crippen MR) is 89.8 cm³/mol. The number of benzene rings is 1. The third-order valence-corrected chi connectivity index (χ3v) is 3.74. The van der Waals surface area contributed by atoms with Crippen LogP contribution in [0.25, 0.3) is 0 Å². The number of hydrogen-bond acceptors (Lipinski definition) is 5. The number of Topliss-reactive ketones (excluding diaryl/α,β-unsaturated/α-hetero) is 1. The smallest absolute Gasteiger partial charge is 0.411 e. The van der Waals surface area contributed by atoms with Crippen molar-refractivity contribution in [2.75, 3.05) is 6.54 Å². The van der Waals surface area contributed by atoms with Crippen LogP contribution >= 0.6 is 0 Å². The highest BCUT2D eigenvalue weighted by Crippen LogP contribution is 2.25. The zero-order valence-corrected chi connectivity index (χ0v) is 14.8. The Labute approximate surface area is 146 Å². The molecular formula is C18H23NO6. The van der Waals surface area contributed by atoms with Gasteiger partial charge < -0.3 is 14.6 Å². The van der Waals surface area contributed by atoms with Gasteiger partial charge in [-0.1, -0.05) is 0 Å². The summed E-state index contributed by atoms with van der Waals surface area (Å²) in [6.45, 7) is 6.77. The Kier molecular flexibility index (Phi) is 5.35. The summed E-state index contributed by atoms with van der Waals surface area (Å²) in [5.74, 6) is -0.622. The summed E-state index contributed by atoms with van der Waals surface area (Å²) in [6.07, 6.45) is -0.960. The molecule has 1 fully saturated rings. The van der Waals surface area contributed by atoms with Crippen molar-refractivity contribution in [2.45, 2.75) is 51.9 Å². The third-order valence-electron chi connectivity index (χ3n) is 3.74. The van der Waals surface area contributed by atoms with Crippen LogP contribution < -0.4 is 4.74 Å². The van der Waals surface area contributed by atoms with Gasteiger partial charge in [-0.25, -0.2) is 9.59 Å². The molecule has 1 aromatic carbocycles. The molecule has 7 heteroatoms. The first-order valence-corrected chi connectivity index (χ1v) is 8.07. The molecule has 25 heavy (non-hydrogen) atoms. The number of carbonyl (C=O) groups excluding carboxylic acids is 2. The highest BCUT2D eigenvalue weighted by molar-refractivity contribution is 5.94. The molecule has 0 aromatic heterocycles. The van der Waals surface area contributed by atoms with Gasteiger partial charge in [-0.3, -0.25) is 9.69 Å². The zero-order chi connectivity index (χ0) is 18.8. The second kappa shape index (κ2) is 7.13. The molecule has 1 aliphatic rings. The van der Waals surface area contributed by atoms with Gasteiger partial charge in [0.05, 0.1) is 6.54 Å². The molecule has 1 heterocycles. The highest BCUT2D eigenvalue weighted by Gasteiger charge is 2.42. The summed E-state index contributed by atoms with van der Waals surface area (Å²) in [5.41, 5.74) is -0.140. The molecule has 0 aliphatic carbocycles. The van der Waals surface area contributed by atoms with Crippen LogP contribution in [0.15, 0.2) is 24.3 Å². The molecule has 1 saturated heterocycles. The van der Waals surface area contributed by atoms with E-state index in [1.165, 1.54) is 11.8 Å². The molecule has 1 aromatic rings. The van der Waals surface area contributed by atoms with Gasteiger partial charge in [-0.15, -0.1) is 0 Å². The minimum absolute atomic E-state index is 0.0468. The van der Waals surface area contributed by atoms with Crippen LogP contribution in [0.2, 0.25) is 0 Å². The largest absolute Gasteiger partial charge is 0.488 e. The Morgan fingerprint density at radius 3 is 2.24 bits per heavy atom. The maximum absolute atomic E-state index is 12.2. The first-order chi connectivity index (χ1) is 11.6. The molecule has 7 nitrogen and oxygen atoms in total. The fourth-order valence-electron chi connectivity index (χ4n) is 2.60. The second-order valence-electron chi connectivity index (χ2n) is 7.04. The number of ether oxygens (including phenoxy) is 2. The maximum atomic E-state index is 12.2. The van der Waals surface area contributed by atoms with Gasteiger partial charge in [0.1, 0.15) is 23.5 Å². The van der Waals surface area contributed by atoms with Crippen LogP contribution in [0.1, 0.15) is 44.5 Å². The van der Waals surface area contributed by atoms with E-state index in [0.29, 0.717) is 11.3 Å². The molecule has 1 N–H and O–H groups in total. The molecule has 0 spiro atoms. The molecule has 1 aliphatic heterocycles. The first-order valence-electron chi connectivity index (χ1n) is 8.07. The van der Waals surface area contributed by atoms with Crippen LogP contribution in [0, 0.1) is 0 Å². The van der Waals surface area contributed by atoms with E-state index in [9.17, 15) is 19.5 Å². The lowest BCUT2D eigenvalue weighted by molar-refractivity contribution is -0.142. The Morgan fingerprint density at radius 1 is 1.16 bits per heavy atom. The molecule has 2 rings (SSSR count). The van der Waals surface area contributed by atoms with Crippen molar-refractivity contribution in [3.63, 3.8) is 0 Å². The average molecular weight is 349 g/mol. The maximum Gasteiger partial charge on any atom is 0.411 e. The Morgan fingerprint density at radius 2 is 1.76 bits per heavy atom. The van der Waals surface area contributed by atoms with Gasteiger partial charge >= 0.3 is 12.1 Å². The van der Waals surface area contributed by atoms with Crippen molar-refractivity contribution in [1.29, 1.82) is 0 Å². The second-order valence-corrected chi connectivity index (χ2v) is 7.04. The average Bonchev–Trinajstić information content (AvgIpc) is 2.90. The van der Waals surface area contributed by atoms with Crippen LogP contribution in [0.4, 0.5) is 4.79 Å². The summed E-state index contributed by atoms with van der Waals surface area (Å²) < 4.78 is 11.1. The van der Waals surface area contributed by atoms with Crippen molar-refractivity contribution in [3.8, 4) is 5.75 Å². The summed E-state index contributed by atoms with van der Waals surface area (Å²) in [6, 6.07) is 5.61. The fraction of sp³-hybridized carbons (Fsp3) is 0.500. The van der Waals surface area contributed by atoms with E-state index in [-0.39, 0.29) is 18.7 Å². The zero-order valence-electron chi connectivity index (χ0n) is 14.8. The van der Waals surface area contributed by atoms with Crippen LogP contribution in [-0.2, 0) is 9.53 Å². The summed E-state index contributed by atoms with van der Waals surface area (Å²) in [4.78, 5) is 36.2. The van der Waals surface area contributed by atoms with Crippen molar-refractivity contribution < 1.29 is 29.0 Å². The number of hydrogen-bond donors (Lipinski definition) is 1. The monoisotopic (exact) mass is 349 g/mol. The van der Waals surface area contributed by atoms with E-state index < -0.39 is 29.8 Å². The summed E-state index contributed by atoms with van der Waals surface area (Å²) >= 11 is 0. The predicted octanol–water partition coefficient (Wildman–Crippen LogP) is 2.73. The molecule has 2 unspecified atom stereocenters. The molecule has 2 atom stereocenters. The normalized spacial score (nSPS) is 20.2. The number of carboxylic acid groups (broad SMARTS) is 1. The van der Waals surface area contributed by atoms with E-state index in [1.54, 1.807) is 45.0 Å². The standard InChI is InChI=1S/C18H23NO6/c1-11(20)12-5-7-13(8-6-12)24-14-9-15(16(21)22)19(10-14)17(23)25-18(2,3)4/h5-8,14-15H,9-10H2,1-4H3,(H,21,22). The van der Waals surface area contributed by atoms with Crippen molar-refractivity contribution in [1.82, 2.24) is 4.90 Å². The Balaban J connectivity index is 2.07. The first kappa shape index (κ1) is 18.8.